The number of carbonyl (C=O) groups excluding carboxylic acids is 1. The van der Waals surface area contributed by atoms with Gasteiger partial charge in [-0.05, 0) is 30.0 Å². The second kappa shape index (κ2) is 7.82. The zero-order chi connectivity index (χ0) is 14.4. The lowest BCUT2D eigenvalue weighted by atomic mass is 9.86. The molecule has 1 saturated carbocycles. The van der Waals surface area contributed by atoms with Crippen LogP contribution in [0, 0.1) is 5.92 Å². The maximum atomic E-state index is 12.2. The van der Waals surface area contributed by atoms with Crippen LogP contribution in [0.25, 0.3) is 0 Å². The smallest absolute Gasteiger partial charge is 0.222 e. The van der Waals surface area contributed by atoms with Crippen LogP contribution in [0.15, 0.2) is 28.7 Å². The predicted molar refractivity (Wildman–Crippen MR) is 86.4 cm³/mol. The van der Waals surface area contributed by atoms with Gasteiger partial charge >= 0.3 is 0 Å². The summed E-state index contributed by atoms with van der Waals surface area (Å²) in [6.45, 7) is 0.705. The Morgan fingerprint density at radius 2 is 1.85 bits per heavy atom. The highest BCUT2D eigenvalue weighted by Crippen LogP contribution is 2.27. The van der Waals surface area contributed by atoms with E-state index < -0.39 is 0 Å². The largest absolute Gasteiger partial charge is 0.341 e. The van der Waals surface area contributed by atoms with Gasteiger partial charge in [-0.1, -0.05) is 60.2 Å². The monoisotopic (exact) mass is 337 g/mol. The van der Waals surface area contributed by atoms with Gasteiger partial charge in [0.05, 0.1) is 0 Å². The lowest BCUT2D eigenvalue weighted by Crippen LogP contribution is -2.26. The molecule has 110 valence electrons. The Kier molecular flexibility index (Phi) is 6.08. The molecule has 0 atom stereocenters. The highest BCUT2D eigenvalue weighted by atomic mass is 79.9. The van der Waals surface area contributed by atoms with E-state index in [2.05, 4.69) is 28.1 Å². The molecule has 2 nitrogen and oxygen atoms in total. The van der Waals surface area contributed by atoms with Crippen LogP contribution in [0.3, 0.4) is 0 Å². The first-order chi connectivity index (χ1) is 9.65. The average Bonchev–Trinajstić information content (AvgIpc) is 2.48. The molecule has 0 N–H and O–H groups in total. The third-order valence-corrected chi connectivity index (χ3v) is 4.78. The van der Waals surface area contributed by atoms with Crippen molar-refractivity contribution < 1.29 is 4.79 Å². The predicted octanol–water partition coefficient (Wildman–Crippen LogP) is 4.77. The van der Waals surface area contributed by atoms with Crippen molar-refractivity contribution in [2.45, 2.75) is 51.5 Å². The minimum Gasteiger partial charge on any atom is -0.341 e. The van der Waals surface area contributed by atoms with Crippen LogP contribution >= 0.6 is 15.9 Å². The number of hydrogen-bond donors (Lipinski definition) is 0. The van der Waals surface area contributed by atoms with Gasteiger partial charge in [-0.2, -0.15) is 0 Å². The quantitative estimate of drug-likeness (QED) is 0.757. The highest BCUT2D eigenvalue weighted by Gasteiger charge is 2.16. The van der Waals surface area contributed by atoms with Crippen LogP contribution in [0.4, 0.5) is 0 Å². The molecule has 0 bridgehead atoms. The van der Waals surface area contributed by atoms with Crippen LogP contribution in [0.1, 0.15) is 50.5 Å². The summed E-state index contributed by atoms with van der Waals surface area (Å²) in [5, 5.41) is 0. The van der Waals surface area contributed by atoms with Crippen LogP contribution in [0.2, 0.25) is 0 Å². The van der Waals surface area contributed by atoms with Crippen molar-refractivity contribution in [3.63, 3.8) is 0 Å². The maximum Gasteiger partial charge on any atom is 0.222 e. The molecule has 0 aliphatic heterocycles. The molecule has 1 aliphatic rings. The molecule has 0 radical (unpaired) electrons. The summed E-state index contributed by atoms with van der Waals surface area (Å²) in [5.41, 5.74) is 1.18. The molecular weight excluding hydrogens is 314 g/mol. The van der Waals surface area contributed by atoms with E-state index in [1.54, 1.807) is 0 Å². The first-order valence-electron chi connectivity index (χ1n) is 7.63. The Labute approximate surface area is 130 Å². The number of carbonyl (C=O) groups is 1. The van der Waals surface area contributed by atoms with Crippen molar-refractivity contribution in [3.05, 3.63) is 34.3 Å². The van der Waals surface area contributed by atoms with Crippen molar-refractivity contribution in [1.82, 2.24) is 4.90 Å². The molecule has 1 aromatic rings. The summed E-state index contributed by atoms with van der Waals surface area (Å²) in [6, 6.07) is 8.18. The SMILES string of the molecule is CN(Cc1ccc(Br)cc1)C(=O)CCC1CCCCC1. The zero-order valence-corrected chi connectivity index (χ0v) is 13.9. The fourth-order valence-corrected chi connectivity index (χ4v) is 3.21. The molecule has 2 rings (SSSR count). The van der Waals surface area contributed by atoms with Gasteiger partial charge in [0.15, 0.2) is 0 Å². The highest BCUT2D eigenvalue weighted by molar-refractivity contribution is 9.10. The van der Waals surface area contributed by atoms with Crippen molar-refractivity contribution >= 4 is 21.8 Å². The summed E-state index contributed by atoms with van der Waals surface area (Å²) >= 11 is 3.43. The second-order valence-corrected chi connectivity index (χ2v) is 6.83. The molecule has 0 spiro atoms. The fourth-order valence-electron chi connectivity index (χ4n) is 2.95. The van der Waals surface area contributed by atoms with Crippen molar-refractivity contribution in [2.75, 3.05) is 7.05 Å². The van der Waals surface area contributed by atoms with Crippen molar-refractivity contribution in [1.29, 1.82) is 0 Å². The Bertz CT molecular complexity index is 423. The Morgan fingerprint density at radius 3 is 2.50 bits per heavy atom. The minimum atomic E-state index is 0.276. The standard InChI is InChI=1S/C17H24BrNO/c1-19(13-15-7-10-16(18)11-8-15)17(20)12-9-14-5-3-2-4-6-14/h7-8,10-11,14H,2-6,9,12-13H2,1H3. The van der Waals surface area contributed by atoms with E-state index in [-0.39, 0.29) is 5.91 Å². The Morgan fingerprint density at radius 1 is 1.20 bits per heavy atom. The van der Waals surface area contributed by atoms with Gasteiger partial charge in [0.2, 0.25) is 5.91 Å². The molecule has 0 saturated heterocycles. The number of halogens is 1. The maximum absolute atomic E-state index is 12.2. The molecule has 1 aliphatic carbocycles. The molecule has 0 aromatic heterocycles. The minimum absolute atomic E-state index is 0.276. The Balaban J connectivity index is 1.75. The fraction of sp³-hybridized carbons (Fsp3) is 0.588. The van der Waals surface area contributed by atoms with Gasteiger partial charge in [0, 0.05) is 24.5 Å². The van der Waals surface area contributed by atoms with E-state index in [4.69, 9.17) is 0 Å². The van der Waals surface area contributed by atoms with Gasteiger partial charge in [0.1, 0.15) is 0 Å². The van der Waals surface area contributed by atoms with E-state index >= 15 is 0 Å². The summed E-state index contributed by atoms with van der Waals surface area (Å²) < 4.78 is 1.08. The van der Waals surface area contributed by atoms with Crippen molar-refractivity contribution in [2.24, 2.45) is 5.92 Å². The van der Waals surface area contributed by atoms with E-state index in [0.717, 1.165) is 16.8 Å². The summed E-state index contributed by atoms with van der Waals surface area (Å²) in [5.74, 6) is 1.06. The normalized spacial score (nSPS) is 16.1. The number of rotatable bonds is 5. The number of nitrogens with zero attached hydrogens (tertiary/aromatic N) is 1. The van der Waals surface area contributed by atoms with E-state index in [1.165, 1.54) is 37.7 Å². The van der Waals surface area contributed by atoms with Crippen molar-refractivity contribution in [3.8, 4) is 0 Å². The molecule has 3 heteroatoms. The zero-order valence-electron chi connectivity index (χ0n) is 12.3. The second-order valence-electron chi connectivity index (χ2n) is 5.92. The third-order valence-electron chi connectivity index (χ3n) is 4.25. The van der Waals surface area contributed by atoms with Crippen LogP contribution < -0.4 is 0 Å². The van der Waals surface area contributed by atoms with Gasteiger partial charge < -0.3 is 4.90 Å². The molecule has 0 heterocycles. The first-order valence-corrected chi connectivity index (χ1v) is 8.43. The molecular formula is C17H24BrNO. The summed E-state index contributed by atoms with van der Waals surface area (Å²) in [4.78, 5) is 14.0. The van der Waals surface area contributed by atoms with Crippen LogP contribution in [-0.4, -0.2) is 17.9 Å². The Hall–Kier alpha value is -0.830. The lowest BCUT2D eigenvalue weighted by molar-refractivity contribution is -0.130. The van der Waals surface area contributed by atoms with Gasteiger partial charge in [0.25, 0.3) is 0 Å². The number of hydrogen-bond acceptors (Lipinski definition) is 1. The topological polar surface area (TPSA) is 20.3 Å². The van der Waals surface area contributed by atoms with Gasteiger partial charge in [-0.15, -0.1) is 0 Å². The first kappa shape index (κ1) is 15.6. The molecule has 1 fully saturated rings. The van der Waals surface area contributed by atoms with E-state index in [0.29, 0.717) is 13.0 Å². The van der Waals surface area contributed by atoms with E-state index in [1.807, 2.05) is 24.1 Å². The average molecular weight is 338 g/mol. The molecule has 20 heavy (non-hydrogen) atoms. The summed E-state index contributed by atoms with van der Waals surface area (Å²) in [7, 11) is 1.91. The summed E-state index contributed by atoms with van der Waals surface area (Å²) in [6.07, 6.45) is 8.52. The van der Waals surface area contributed by atoms with Crippen LogP contribution in [0.5, 0.6) is 0 Å². The third kappa shape index (κ3) is 4.93. The van der Waals surface area contributed by atoms with Gasteiger partial charge in [-0.25, -0.2) is 0 Å². The van der Waals surface area contributed by atoms with Gasteiger partial charge in [-0.3, -0.25) is 4.79 Å². The van der Waals surface area contributed by atoms with Crippen LogP contribution in [-0.2, 0) is 11.3 Å². The number of benzene rings is 1. The van der Waals surface area contributed by atoms with E-state index in [9.17, 15) is 4.79 Å². The number of amides is 1. The molecule has 1 aromatic carbocycles. The molecule has 0 unspecified atom stereocenters. The lowest BCUT2D eigenvalue weighted by Gasteiger charge is -2.23. The molecule has 1 amide bonds.